The summed E-state index contributed by atoms with van der Waals surface area (Å²) in [6.07, 6.45) is 0.914. The lowest BCUT2D eigenvalue weighted by atomic mass is 10.2. The zero-order valence-corrected chi connectivity index (χ0v) is 9.37. The van der Waals surface area contributed by atoms with E-state index in [2.05, 4.69) is 15.6 Å². The first-order valence-corrected chi connectivity index (χ1v) is 5.13. The van der Waals surface area contributed by atoms with E-state index in [-0.39, 0.29) is 11.9 Å². The molecule has 0 bridgehead atoms. The van der Waals surface area contributed by atoms with E-state index in [0.717, 1.165) is 6.42 Å². The number of carbonyl (C=O) groups excluding carboxylic acids is 1. The summed E-state index contributed by atoms with van der Waals surface area (Å²) in [6.45, 7) is 4.00. The molecule has 0 saturated carbocycles. The highest BCUT2D eigenvalue weighted by Gasteiger charge is 2.09. The van der Waals surface area contributed by atoms with Gasteiger partial charge in [0.25, 0.3) is 5.91 Å². The van der Waals surface area contributed by atoms with Crippen molar-refractivity contribution in [3.05, 3.63) is 23.9 Å². The van der Waals surface area contributed by atoms with Crippen LogP contribution in [0, 0.1) is 0 Å². The number of nitrogens with zero attached hydrogens (tertiary/aromatic N) is 1. The number of pyridine rings is 1. The van der Waals surface area contributed by atoms with Crippen molar-refractivity contribution in [1.82, 2.24) is 10.3 Å². The van der Waals surface area contributed by atoms with Crippen molar-refractivity contribution in [3.8, 4) is 0 Å². The van der Waals surface area contributed by atoms with Gasteiger partial charge in [0.15, 0.2) is 0 Å². The van der Waals surface area contributed by atoms with Crippen molar-refractivity contribution < 1.29 is 4.79 Å². The van der Waals surface area contributed by atoms with Gasteiger partial charge in [0.05, 0.1) is 0 Å². The van der Waals surface area contributed by atoms with Crippen LogP contribution in [0.2, 0.25) is 0 Å². The van der Waals surface area contributed by atoms with E-state index in [0.29, 0.717) is 11.5 Å². The molecule has 0 spiro atoms. The van der Waals surface area contributed by atoms with Crippen LogP contribution in [0.15, 0.2) is 18.2 Å². The smallest absolute Gasteiger partial charge is 0.270 e. The van der Waals surface area contributed by atoms with E-state index in [4.69, 9.17) is 0 Å². The van der Waals surface area contributed by atoms with Gasteiger partial charge in [-0.25, -0.2) is 4.98 Å². The van der Waals surface area contributed by atoms with E-state index in [1.165, 1.54) is 0 Å². The van der Waals surface area contributed by atoms with Crippen LogP contribution < -0.4 is 10.6 Å². The van der Waals surface area contributed by atoms with E-state index in [1.54, 1.807) is 13.1 Å². The maximum absolute atomic E-state index is 11.7. The molecule has 0 aliphatic carbocycles. The second-order valence-corrected chi connectivity index (χ2v) is 3.44. The summed E-state index contributed by atoms with van der Waals surface area (Å²) < 4.78 is 0. The van der Waals surface area contributed by atoms with E-state index in [9.17, 15) is 4.79 Å². The maximum atomic E-state index is 11.7. The first kappa shape index (κ1) is 11.5. The summed E-state index contributed by atoms with van der Waals surface area (Å²) in [7, 11) is 1.78. The quantitative estimate of drug-likeness (QED) is 0.789. The van der Waals surface area contributed by atoms with Gasteiger partial charge in [-0.2, -0.15) is 0 Å². The molecule has 1 atom stereocenters. The number of hydrogen-bond acceptors (Lipinski definition) is 3. The Morgan fingerprint density at radius 3 is 2.87 bits per heavy atom. The standard InChI is InChI=1S/C11H17N3O/c1-4-8(2)13-11(15)9-6-5-7-10(12-3)14-9/h5-8H,4H2,1-3H3,(H,12,14)(H,13,15). The molecule has 1 aromatic heterocycles. The number of nitrogens with one attached hydrogen (secondary N) is 2. The minimum Gasteiger partial charge on any atom is -0.373 e. The molecule has 1 unspecified atom stereocenters. The summed E-state index contributed by atoms with van der Waals surface area (Å²) in [6, 6.07) is 5.51. The van der Waals surface area contributed by atoms with Gasteiger partial charge in [-0.3, -0.25) is 4.79 Å². The van der Waals surface area contributed by atoms with Crippen molar-refractivity contribution >= 4 is 11.7 Å². The fraction of sp³-hybridized carbons (Fsp3) is 0.455. The van der Waals surface area contributed by atoms with Gasteiger partial charge < -0.3 is 10.6 Å². The van der Waals surface area contributed by atoms with Gasteiger partial charge in [0.1, 0.15) is 11.5 Å². The van der Waals surface area contributed by atoms with Gasteiger partial charge in [-0.15, -0.1) is 0 Å². The monoisotopic (exact) mass is 207 g/mol. The average molecular weight is 207 g/mol. The van der Waals surface area contributed by atoms with Gasteiger partial charge in [-0.05, 0) is 25.5 Å². The largest absolute Gasteiger partial charge is 0.373 e. The Hall–Kier alpha value is -1.58. The van der Waals surface area contributed by atoms with E-state index in [1.807, 2.05) is 26.0 Å². The summed E-state index contributed by atoms with van der Waals surface area (Å²) in [5.41, 5.74) is 0.446. The lowest BCUT2D eigenvalue weighted by Crippen LogP contribution is -2.32. The Kier molecular flexibility index (Phi) is 4.09. The maximum Gasteiger partial charge on any atom is 0.270 e. The van der Waals surface area contributed by atoms with Gasteiger partial charge in [0, 0.05) is 13.1 Å². The van der Waals surface area contributed by atoms with E-state index >= 15 is 0 Å². The van der Waals surface area contributed by atoms with Gasteiger partial charge in [0.2, 0.25) is 0 Å². The molecule has 0 aliphatic rings. The number of rotatable bonds is 4. The molecule has 0 radical (unpaired) electrons. The summed E-state index contributed by atoms with van der Waals surface area (Å²) >= 11 is 0. The van der Waals surface area contributed by atoms with Crippen LogP contribution >= 0.6 is 0 Å². The topological polar surface area (TPSA) is 54.0 Å². The van der Waals surface area contributed by atoms with Crippen molar-refractivity contribution in [3.63, 3.8) is 0 Å². The number of amides is 1. The minimum absolute atomic E-state index is 0.124. The van der Waals surface area contributed by atoms with Gasteiger partial charge in [-0.1, -0.05) is 13.0 Å². The highest BCUT2D eigenvalue weighted by atomic mass is 16.1. The molecule has 0 saturated heterocycles. The molecular formula is C11H17N3O. The van der Waals surface area contributed by atoms with Crippen molar-refractivity contribution in [2.45, 2.75) is 26.3 Å². The van der Waals surface area contributed by atoms with Gasteiger partial charge >= 0.3 is 0 Å². The minimum atomic E-state index is -0.124. The molecule has 15 heavy (non-hydrogen) atoms. The fourth-order valence-corrected chi connectivity index (χ4v) is 1.10. The average Bonchev–Trinajstić information content (AvgIpc) is 2.28. The lowest BCUT2D eigenvalue weighted by Gasteiger charge is -2.11. The van der Waals surface area contributed by atoms with Crippen LogP contribution in [0.1, 0.15) is 30.8 Å². The predicted molar refractivity (Wildman–Crippen MR) is 61.0 cm³/mol. The molecule has 2 N–H and O–H groups in total. The predicted octanol–water partition coefficient (Wildman–Crippen LogP) is 1.65. The molecule has 82 valence electrons. The molecule has 1 rings (SSSR count). The normalized spacial score (nSPS) is 11.9. The molecule has 1 heterocycles. The zero-order chi connectivity index (χ0) is 11.3. The van der Waals surface area contributed by atoms with Crippen LogP contribution in [0.3, 0.4) is 0 Å². The Morgan fingerprint density at radius 1 is 1.53 bits per heavy atom. The van der Waals surface area contributed by atoms with Crippen LogP contribution in [0.4, 0.5) is 5.82 Å². The van der Waals surface area contributed by atoms with E-state index < -0.39 is 0 Å². The molecule has 4 heteroatoms. The summed E-state index contributed by atoms with van der Waals surface area (Å²) in [5, 5.41) is 5.77. The van der Waals surface area contributed by atoms with Crippen LogP contribution in [0.25, 0.3) is 0 Å². The second kappa shape index (κ2) is 5.34. The number of aromatic nitrogens is 1. The SMILES string of the molecule is CCC(C)NC(=O)c1cccc(NC)n1. The highest BCUT2D eigenvalue weighted by molar-refractivity contribution is 5.92. The van der Waals surface area contributed by atoms with Crippen molar-refractivity contribution in [2.24, 2.45) is 0 Å². The van der Waals surface area contributed by atoms with Crippen LogP contribution in [-0.4, -0.2) is 24.0 Å². The Labute approximate surface area is 90.1 Å². The molecule has 1 amide bonds. The first-order chi connectivity index (χ1) is 7.17. The molecule has 4 nitrogen and oxygen atoms in total. The zero-order valence-electron chi connectivity index (χ0n) is 9.37. The third-order valence-electron chi connectivity index (χ3n) is 2.23. The third kappa shape index (κ3) is 3.23. The molecule has 0 aromatic carbocycles. The molecule has 1 aromatic rings. The second-order valence-electron chi connectivity index (χ2n) is 3.44. The number of anilines is 1. The molecule has 0 fully saturated rings. The van der Waals surface area contributed by atoms with Crippen LogP contribution in [-0.2, 0) is 0 Å². The third-order valence-corrected chi connectivity index (χ3v) is 2.23. The summed E-state index contributed by atoms with van der Waals surface area (Å²) in [5.74, 6) is 0.577. The van der Waals surface area contributed by atoms with Crippen molar-refractivity contribution in [1.29, 1.82) is 0 Å². The highest BCUT2D eigenvalue weighted by Crippen LogP contribution is 2.04. The van der Waals surface area contributed by atoms with Crippen LogP contribution in [0.5, 0.6) is 0 Å². The summed E-state index contributed by atoms with van der Waals surface area (Å²) in [4.78, 5) is 15.8. The number of carbonyl (C=O) groups is 1. The lowest BCUT2D eigenvalue weighted by molar-refractivity contribution is 0.0934. The number of hydrogen-bond donors (Lipinski definition) is 2. The Balaban J connectivity index is 2.73. The van der Waals surface area contributed by atoms with Crippen molar-refractivity contribution in [2.75, 3.05) is 12.4 Å². The Morgan fingerprint density at radius 2 is 2.27 bits per heavy atom. The first-order valence-electron chi connectivity index (χ1n) is 5.13. The Bertz CT molecular complexity index is 338. The fourth-order valence-electron chi connectivity index (χ4n) is 1.10. The molecule has 0 aliphatic heterocycles. The molecular weight excluding hydrogens is 190 g/mol.